The van der Waals surface area contributed by atoms with E-state index in [2.05, 4.69) is 70.5 Å². The summed E-state index contributed by atoms with van der Waals surface area (Å²) in [5.74, 6) is 11.2. The molecule has 5 heterocycles. The zero-order valence-corrected chi connectivity index (χ0v) is 48.7. The molecule has 0 aromatic carbocycles. The molecule has 3 aliphatic heterocycles. The minimum Gasteiger partial charge on any atom is -0.477 e. The van der Waals surface area contributed by atoms with Crippen molar-refractivity contribution < 1.29 is 58.2 Å². The van der Waals surface area contributed by atoms with E-state index in [1.807, 2.05) is 31.7 Å². The van der Waals surface area contributed by atoms with E-state index in [0.29, 0.717) is 73.1 Å². The number of amides is 2. The van der Waals surface area contributed by atoms with Gasteiger partial charge in [0.15, 0.2) is 0 Å². The summed E-state index contributed by atoms with van der Waals surface area (Å²) in [7, 11) is 1.39. The molecule has 2 aromatic rings. The van der Waals surface area contributed by atoms with Crippen molar-refractivity contribution in [2.24, 2.45) is 22.7 Å². The molecule has 2 saturated carbocycles. The van der Waals surface area contributed by atoms with Crippen molar-refractivity contribution in [3.8, 4) is 23.7 Å². The summed E-state index contributed by atoms with van der Waals surface area (Å²) in [5, 5.41) is 29.9. The zero-order valence-electron chi connectivity index (χ0n) is 47.1. The quantitative estimate of drug-likeness (QED) is 0.0838. The number of aliphatic hydroxyl groups is 2. The molecule has 7 aliphatic rings. The normalized spacial score (nSPS) is 27.9. The van der Waals surface area contributed by atoms with Crippen molar-refractivity contribution >= 4 is 57.8 Å². The minimum absolute atomic E-state index is 0.0224. The number of esters is 1. The van der Waals surface area contributed by atoms with E-state index in [0.717, 1.165) is 100 Å². The molecule has 3 saturated heterocycles. The average molecular weight is 1100 g/mol. The van der Waals surface area contributed by atoms with Gasteiger partial charge in [0.25, 0.3) is 0 Å². The molecule has 2 amide bonds. The third-order valence-corrected chi connectivity index (χ3v) is 17.5. The van der Waals surface area contributed by atoms with Crippen LogP contribution >= 0.6 is 22.7 Å². The molecule has 0 unspecified atom stereocenters. The van der Waals surface area contributed by atoms with Gasteiger partial charge in [-0.25, -0.2) is 9.59 Å². The number of thiophene rings is 2. The first-order valence-electron chi connectivity index (χ1n) is 27.9. The van der Waals surface area contributed by atoms with Crippen molar-refractivity contribution in [2.45, 2.75) is 194 Å². The summed E-state index contributed by atoms with van der Waals surface area (Å²) >= 11 is 2.45. The summed E-state index contributed by atoms with van der Waals surface area (Å²) in [5.41, 5.74) is 2.45. The summed E-state index contributed by atoms with van der Waals surface area (Å²) in [4.78, 5) is 58.8. The Balaban J connectivity index is 0.000000203. The predicted molar refractivity (Wildman–Crippen MR) is 302 cm³/mol. The van der Waals surface area contributed by atoms with Crippen LogP contribution in [0.2, 0.25) is 0 Å². The number of nitrogens with zero attached hydrogens (tertiary/aromatic N) is 2. The van der Waals surface area contributed by atoms with Crippen LogP contribution in [0.5, 0.6) is 0 Å². The maximum absolute atomic E-state index is 14.0. The fraction of sp³-hybridized carbons (Fsp3) is 0.672. The van der Waals surface area contributed by atoms with Gasteiger partial charge in [0, 0.05) is 48.0 Å². The first kappa shape index (κ1) is 60.3. The van der Waals surface area contributed by atoms with Crippen LogP contribution in [0.25, 0.3) is 0 Å². The Labute approximate surface area is 465 Å². The van der Waals surface area contributed by atoms with Crippen LogP contribution in [0.1, 0.15) is 187 Å². The average Bonchev–Trinajstić information content (AvgIpc) is 3.99. The number of carboxylic acid groups (broad SMARTS) is 1. The Hall–Kier alpha value is -4.36. The number of aliphatic hydroxyl groups excluding tert-OH is 1. The van der Waals surface area contributed by atoms with Crippen molar-refractivity contribution in [1.29, 1.82) is 0 Å². The maximum Gasteiger partial charge on any atom is 0.350 e. The second-order valence-corrected chi connectivity index (χ2v) is 26.5. The monoisotopic (exact) mass is 1100 g/mol. The van der Waals surface area contributed by atoms with Gasteiger partial charge in [-0.05, 0) is 170 Å². The lowest BCUT2D eigenvalue weighted by Gasteiger charge is -2.42. The number of carbonyl (C=O) groups is 4. The van der Waals surface area contributed by atoms with Gasteiger partial charge in [-0.15, -0.1) is 22.7 Å². The van der Waals surface area contributed by atoms with Crippen LogP contribution in [0.15, 0.2) is 35.4 Å². The summed E-state index contributed by atoms with van der Waals surface area (Å²) in [6.45, 7) is 20.0. The molecule has 2 aromatic heterocycles. The number of aromatic carboxylic acids is 1. The van der Waals surface area contributed by atoms with E-state index in [9.17, 15) is 29.4 Å². The van der Waals surface area contributed by atoms with Gasteiger partial charge >= 0.3 is 11.9 Å². The molecule has 0 bridgehead atoms. The topological polar surface area (TPSA) is 185 Å². The summed E-state index contributed by atoms with van der Waals surface area (Å²) in [6.07, 6.45) is 16.5. The van der Waals surface area contributed by atoms with Gasteiger partial charge in [-0.1, -0.05) is 47.0 Å². The van der Waals surface area contributed by atoms with Gasteiger partial charge in [0.05, 0.1) is 78.1 Å². The zero-order chi connectivity index (χ0) is 55.7. The third kappa shape index (κ3) is 17.1. The third-order valence-electron chi connectivity index (χ3n) is 15.5. The van der Waals surface area contributed by atoms with Crippen LogP contribution in [0, 0.1) is 46.3 Å². The predicted octanol–water partition coefficient (Wildman–Crippen LogP) is 10.9. The van der Waals surface area contributed by atoms with E-state index in [1.54, 1.807) is 11.0 Å². The van der Waals surface area contributed by atoms with Gasteiger partial charge < -0.3 is 48.8 Å². The van der Waals surface area contributed by atoms with E-state index in [-0.39, 0.29) is 75.9 Å². The number of epoxide rings is 1. The van der Waals surface area contributed by atoms with E-state index in [4.69, 9.17) is 28.8 Å². The molecule has 77 heavy (non-hydrogen) atoms. The number of hydrogen-bond acceptors (Lipinski definition) is 13. The highest BCUT2D eigenvalue weighted by Gasteiger charge is 2.49. The van der Waals surface area contributed by atoms with Gasteiger partial charge in [-0.2, -0.15) is 0 Å². The van der Waals surface area contributed by atoms with E-state index in [1.165, 1.54) is 29.6 Å². The standard InChI is InChI=1S/C30H41NO6S.C27H35NO4S.C4H8O2/c1-20-5-7-21(8-6-20)27(32)31(25-17-24(11-13-29(2,3)4)38-26(25)28(33)34)22-9-14-30(35,15-10-22)19-37-23-12-16-36-18-23;1-18-6-8-19(9-7-18)24(29)28(20-10-14-27(15-11-20)17-32-27)22-16-21(12-13-26(2,3)4)33-23(22)25(30)31-5;5-4-1-2-6-3-4/h5,17,21-23,35H,6-10,12,14-16,18-19H2,1-4H3,(H,33,34);6,16,19-20H,7-11,14-15,17H2,1-5H3;4-5H,1-3H2/t21-,22?,23-,30?;19-,20?,27?;4-/m000/s1. The van der Waals surface area contributed by atoms with Crippen LogP contribution in [0.4, 0.5) is 11.4 Å². The Morgan fingerprint density at radius 1 is 0.714 bits per heavy atom. The Bertz CT molecular complexity index is 2580. The van der Waals surface area contributed by atoms with Gasteiger partial charge in [-0.3, -0.25) is 9.59 Å². The molecular formula is C61H84N2O12S2. The second-order valence-electron chi connectivity index (χ2n) is 24.4. The molecule has 4 aliphatic carbocycles. The fourth-order valence-corrected chi connectivity index (χ4v) is 12.4. The maximum atomic E-state index is 14.0. The van der Waals surface area contributed by atoms with E-state index >= 15 is 0 Å². The van der Waals surface area contributed by atoms with Crippen molar-refractivity contribution in [2.75, 3.05) is 56.6 Å². The summed E-state index contributed by atoms with van der Waals surface area (Å²) < 4.78 is 26.9. The van der Waals surface area contributed by atoms with Crippen LogP contribution in [0.3, 0.4) is 0 Å². The highest BCUT2D eigenvalue weighted by Crippen LogP contribution is 2.46. The largest absolute Gasteiger partial charge is 0.477 e. The van der Waals surface area contributed by atoms with Gasteiger partial charge in [0.2, 0.25) is 11.8 Å². The number of methoxy groups -OCH3 is 1. The lowest BCUT2D eigenvalue weighted by molar-refractivity contribution is -0.124. The van der Waals surface area contributed by atoms with Crippen molar-refractivity contribution in [3.63, 3.8) is 0 Å². The number of rotatable bonds is 11. The van der Waals surface area contributed by atoms with Crippen LogP contribution in [-0.4, -0.2) is 121 Å². The first-order chi connectivity index (χ1) is 36.4. The smallest absolute Gasteiger partial charge is 0.350 e. The molecule has 16 heteroatoms. The molecule has 14 nitrogen and oxygen atoms in total. The minimum atomic E-state index is -1.05. The molecule has 0 radical (unpaired) electrons. The number of carboxylic acids is 1. The molecule has 1 spiro atoms. The van der Waals surface area contributed by atoms with Crippen LogP contribution in [-0.2, 0) is 33.3 Å². The Kier molecular flexibility index (Phi) is 20.6. The number of anilines is 2. The van der Waals surface area contributed by atoms with Gasteiger partial charge in [0.1, 0.15) is 9.75 Å². The molecular weight excluding hydrogens is 1020 g/mol. The SMILES string of the molecule is CC1=CC[C@H](C(=O)N(c2cc(C#CC(C)(C)C)sc2C(=O)O)C2CCC(O)(CO[C@H]3CCOC3)CC2)CC1.COC(=O)c1sc(C#CC(C)(C)C)cc1N(C(=O)[C@H]1CC=C(C)CC1)C1CCC2(CC1)CO2.O[C@H]1CCOC1. The number of allylic oxidation sites excluding steroid dienone is 4. The number of ether oxygens (including phenoxy) is 5. The molecule has 3 N–H and O–H groups in total. The van der Waals surface area contributed by atoms with Crippen molar-refractivity contribution in [1.82, 2.24) is 0 Å². The summed E-state index contributed by atoms with van der Waals surface area (Å²) in [6, 6.07) is 3.57. The molecule has 422 valence electrons. The number of carbonyl (C=O) groups excluding carboxylic acids is 3. The van der Waals surface area contributed by atoms with Crippen LogP contribution < -0.4 is 9.80 Å². The Morgan fingerprint density at radius 2 is 1.19 bits per heavy atom. The Morgan fingerprint density at radius 3 is 1.58 bits per heavy atom. The molecule has 5 fully saturated rings. The molecule has 4 atom stereocenters. The first-order valence-corrected chi connectivity index (χ1v) is 29.5. The fourth-order valence-electron chi connectivity index (χ4n) is 10.7. The number of hydrogen-bond donors (Lipinski definition) is 3. The highest BCUT2D eigenvalue weighted by molar-refractivity contribution is 7.15. The highest BCUT2D eigenvalue weighted by atomic mass is 32.1. The van der Waals surface area contributed by atoms with Crippen molar-refractivity contribution in [3.05, 3.63) is 54.9 Å². The second kappa shape index (κ2) is 26.3. The molecule has 9 rings (SSSR count). The van der Waals surface area contributed by atoms with E-state index < -0.39 is 17.5 Å². The lowest BCUT2D eigenvalue weighted by Crippen LogP contribution is -2.50. The lowest BCUT2D eigenvalue weighted by atomic mass is 9.81.